The fourth-order valence-electron chi connectivity index (χ4n) is 1.16. The number of aliphatic hydroxyl groups excluding tert-OH is 1. The molecule has 2 N–H and O–H groups in total. The van der Waals surface area contributed by atoms with Crippen LogP contribution >= 0.6 is 11.3 Å². The maximum atomic E-state index is 11.7. The Morgan fingerprint density at radius 1 is 1.58 bits per heavy atom. The van der Waals surface area contributed by atoms with Crippen LogP contribution in [-0.4, -0.2) is 44.6 Å². The average molecular weight is 304 g/mol. The van der Waals surface area contributed by atoms with Crippen molar-refractivity contribution in [2.45, 2.75) is 12.8 Å². The van der Waals surface area contributed by atoms with Crippen molar-refractivity contribution < 1.29 is 18.3 Å². The molecule has 0 aliphatic carbocycles. The Morgan fingerprint density at radius 3 is 3.05 bits per heavy atom. The summed E-state index contributed by atoms with van der Waals surface area (Å²) in [6.07, 6.45) is 2.32. The molecule has 8 heteroatoms. The van der Waals surface area contributed by atoms with E-state index in [0.717, 1.165) is 11.3 Å². The molecule has 1 rings (SSSR count). The van der Waals surface area contributed by atoms with E-state index < -0.39 is 10.0 Å². The first-order chi connectivity index (χ1) is 9.07. The highest BCUT2D eigenvalue weighted by molar-refractivity contribution is 7.92. The number of nitrogens with one attached hydrogen (secondary N) is 1. The Kier molecular flexibility index (Phi) is 6.80. The van der Waals surface area contributed by atoms with Gasteiger partial charge in [0.15, 0.2) is 5.13 Å². The molecule has 6 nitrogen and oxygen atoms in total. The van der Waals surface area contributed by atoms with Crippen LogP contribution in [-0.2, 0) is 14.8 Å². The number of sulfonamides is 1. The largest absolute Gasteiger partial charge is 0.395 e. The normalized spacial score (nSPS) is 10.8. The molecule has 1 aromatic heterocycles. The number of aromatic nitrogens is 1. The molecule has 0 saturated carbocycles. The smallest absolute Gasteiger partial charge is 0.234 e. The fourth-order valence-corrected chi connectivity index (χ4v) is 3.17. The monoisotopic (exact) mass is 304 g/mol. The minimum Gasteiger partial charge on any atom is -0.395 e. The van der Waals surface area contributed by atoms with Crippen LogP contribution in [0.4, 0.5) is 5.13 Å². The van der Waals surface area contributed by atoms with E-state index in [4.69, 9.17) is 9.84 Å². The number of methoxy groups -OCH3 is 1. The van der Waals surface area contributed by atoms with Gasteiger partial charge < -0.3 is 9.84 Å². The third-order valence-electron chi connectivity index (χ3n) is 1.96. The second-order valence-electron chi connectivity index (χ2n) is 3.57. The summed E-state index contributed by atoms with van der Waals surface area (Å²) >= 11 is 1.16. The first-order valence-corrected chi connectivity index (χ1v) is 8.09. The molecule has 0 saturated heterocycles. The van der Waals surface area contributed by atoms with Crippen molar-refractivity contribution in [3.63, 3.8) is 0 Å². The molecular weight excluding hydrogens is 288 g/mol. The number of ether oxygens (including phenoxy) is 1. The highest BCUT2D eigenvalue weighted by Crippen LogP contribution is 2.18. The van der Waals surface area contributed by atoms with Gasteiger partial charge in [-0.15, -0.1) is 0 Å². The van der Waals surface area contributed by atoms with Gasteiger partial charge in [0.2, 0.25) is 10.0 Å². The van der Waals surface area contributed by atoms with E-state index >= 15 is 0 Å². The van der Waals surface area contributed by atoms with Crippen molar-refractivity contribution in [1.82, 2.24) is 4.98 Å². The van der Waals surface area contributed by atoms with E-state index in [1.54, 1.807) is 0 Å². The summed E-state index contributed by atoms with van der Waals surface area (Å²) in [7, 11) is -1.86. The van der Waals surface area contributed by atoms with Crippen molar-refractivity contribution in [1.29, 1.82) is 0 Å². The van der Waals surface area contributed by atoms with Gasteiger partial charge in [-0.25, -0.2) is 13.4 Å². The first-order valence-electron chi connectivity index (χ1n) is 5.62. The van der Waals surface area contributed by atoms with Gasteiger partial charge in [0.1, 0.15) is 0 Å². The van der Waals surface area contributed by atoms with E-state index in [1.165, 1.54) is 13.3 Å². The van der Waals surface area contributed by atoms with Gasteiger partial charge in [-0.1, -0.05) is 23.2 Å². The molecular formula is C11H16N2O4S2. The third-order valence-corrected chi connectivity index (χ3v) is 4.25. The standard InChI is InChI=1S/C11H16N2O4S2/c1-17-7-4-8-19(15,16)13-11-12-9-10(18-11)5-2-3-6-14/h9,14H,3-4,6-8H2,1H3,(H,12,13). The van der Waals surface area contributed by atoms with E-state index in [9.17, 15) is 8.42 Å². The van der Waals surface area contributed by atoms with E-state index in [0.29, 0.717) is 29.5 Å². The lowest BCUT2D eigenvalue weighted by atomic mass is 10.4. The summed E-state index contributed by atoms with van der Waals surface area (Å²) < 4.78 is 30.5. The highest BCUT2D eigenvalue weighted by Gasteiger charge is 2.12. The van der Waals surface area contributed by atoms with E-state index in [-0.39, 0.29) is 12.4 Å². The third kappa shape index (κ3) is 6.54. The molecule has 0 amide bonds. The lowest BCUT2D eigenvalue weighted by Crippen LogP contribution is -2.17. The molecule has 0 aliphatic rings. The number of rotatable bonds is 7. The van der Waals surface area contributed by atoms with Crippen molar-refractivity contribution in [2.75, 3.05) is 30.8 Å². The predicted molar refractivity (Wildman–Crippen MR) is 74.6 cm³/mol. The fraction of sp³-hybridized carbons (Fsp3) is 0.545. The molecule has 0 bridgehead atoms. The Labute approximate surface area is 116 Å². The van der Waals surface area contributed by atoms with Crippen molar-refractivity contribution in [3.05, 3.63) is 11.1 Å². The van der Waals surface area contributed by atoms with Crippen molar-refractivity contribution >= 4 is 26.5 Å². The van der Waals surface area contributed by atoms with Crippen LogP contribution in [0.25, 0.3) is 0 Å². The Morgan fingerprint density at radius 2 is 2.37 bits per heavy atom. The van der Waals surface area contributed by atoms with E-state index in [1.807, 2.05) is 0 Å². The number of anilines is 1. The molecule has 0 fully saturated rings. The molecule has 0 spiro atoms. The topological polar surface area (TPSA) is 88.5 Å². The maximum absolute atomic E-state index is 11.7. The van der Waals surface area contributed by atoms with Gasteiger partial charge in [-0.2, -0.15) is 0 Å². The molecule has 1 aromatic rings. The van der Waals surface area contributed by atoms with Gasteiger partial charge in [0.25, 0.3) is 0 Å². The van der Waals surface area contributed by atoms with Crippen LogP contribution in [0.1, 0.15) is 17.7 Å². The highest BCUT2D eigenvalue weighted by atomic mass is 32.2. The van der Waals surface area contributed by atoms with Gasteiger partial charge in [0.05, 0.1) is 23.4 Å². The van der Waals surface area contributed by atoms with Crippen LogP contribution in [0.5, 0.6) is 0 Å². The molecule has 1 heterocycles. The quantitative estimate of drug-likeness (QED) is 0.570. The molecule has 0 radical (unpaired) electrons. The zero-order chi connectivity index (χ0) is 14.1. The summed E-state index contributed by atoms with van der Waals surface area (Å²) in [5, 5.41) is 8.89. The lowest BCUT2D eigenvalue weighted by molar-refractivity contribution is 0.199. The second kappa shape index (κ2) is 8.12. The van der Waals surface area contributed by atoms with Crippen LogP contribution in [0.15, 0.2) is 6.20 Å². The second-order valence-corrected chi connectivity index (χ2v) is 6.44. The summed E-state index contributed by atoms with van der Waals surface area (Å²) in [5.41, 5.74) is 0. The molecule has 0 unspecified atom stereocenters. The number of aliphatic hydroxyl groups is 1. The number of hydrogen-bond acceptors (Lipinski definition) is 6. The number of thiazole rings is 1. The first kappa shape index (κ1) is 15.9. The summed E-state index contributed by atoms with van der Waals surface area (Å²) in [6, 6.07) is 0. The minimum atomic E-state index is -3.39. The van der Waals surface area contributed by atoms with Crippen LogP contribution in [0.2, 0.25) is 0 Å². The number of nitrogens with zero attached hydrogens (tertiary/aromatic N) is 1. The van der Waals surface area contributed by atoms with Gasteiger partial charge >= 0.3 is 0 Å². The Bertz CT molecular complexity index is 543. The summed E-state index contributed by atoms with van der Waals surface area (Å²) in [5.74, 6) is 5.53. The maximum Gasteiger partial charge on any atom is 0.234 e. The Hall–Kier alpha value is -1.14. The Balaban J connectivity index is 2.56. The van der Waals surface area contributed by atoms with E-state index in [2.05, 4.69) is 21.5 Å². The van der Waals surface area contributed by atoms with Crippen LogP contribution in [0.3, 0.4) is 0 Å². The summed E-state index contributed by atoms with van der Waals surface area (Å²) in [4.78, 5) is 4.60. The molecule has 19 heavy (non-hydrogen) atoms. The lowest BCUT2D eigenvalue weighted by Gasteiger charge is -2.03. The molecule has 0 aliphatic heterocycles. The SMILES string of the molecule is COCCCS(=O)(=O)Nc1ncc(C#CCCO)s1. The minimum absolute atomic E-state index is 0.00475. The molecule has 0 aromatic carbocycles. The van der Waals surface area contributed by atoms with Crippen LogP contribution in [0, 0.1) is 11.8 Å². The predicted octanol–water partition coefficient (Wildman–Crippen LogP) is 0.655. The van der Waals surface area contributed by atoms with Gasteiger partial charge in [-0.3, -0.25) is 4.72 Å². The van der Waals surface area contributed by atoms with Crippen molar-refractivity contribution in [2.24, 2.45) is 0 Å². The van der Waals surface area contributed by atoms with Crippen molar-refractivity contribution in [3.8, 4) is 11.8 Å². The number of hydrogen-bond donors (Lipinski definition) is 2. The zero-order valence-corrected chi connectivity index (χ0v) is 12.2. The van der Waals surface area contributed by atoms with Gasteiger partial charge in [-0.05, 0) is 6.42 Å². The zero-order valence-electron chi connectivity index (χ0n) is 10.5. The average Bonchev–Trinajstić information content (AvgIpc) is 2.76. The summed E-state index contributed by atoms with van der Waals surface area (Å²) in [6.45, 7) is 0.404. The molecule has 0 atom stereocenters. The molecule has 106 valence electrons. The van der Waals surface area contributed by atoms with Gasteiger partial charge in [0, 0.05) is 20.1 Å². The van der Waals surface area contributed by atoms with Crippen LogP contribution < -0.4 is 4.72 Å².